The molecule has 0 unspecified atom stereocenters. The number of carbonyl (C=O) groups excluding carboxylic acids is 1. The highest BCUT2D eigenvalue weighted by Crippen LogP contribution is 2.39. The summed E-state index contributed by atoms with van der Waals surface area (Å²) in [5.74, 6) is 0.399. The summed E-state index contributed by atoms with van der Waals surface area (Å²) in [4.78, 5) is 12.9. The van der Waals surface area contributed by atoms with Crippen LogP contribution in [0.15, 0.2) is 21.5 Å². The smallest absolute Gasteiger partial charge is 0.322 e. The molecule has 2 heterocycles. The predicted molar refractivity (Wildman–Crippen MR) is 110 cm³/mol. The van der Waals surface area contributed by atoms with E-state index in [2.05, 4.69) is 20.8 Å². The lowest BCUT2D eigenvalue weighted by molar-refractivity contribution is 0.105. The Morgan fingerprint density at radius 3 is 3.03 bits per heavy atom. The van der Waals surface area contributed by atoms with Crippen LogP contribution in [-0.2, 0) is 47.0 Å². The maximum atomic E-state index is 14.0. The fraction of sp³-hybridized carbons (Fsp3) is 0.524. The number of rotatable bonds is 3. The Kier molecular flexibility index (Phi) is 4.61. The first-order chi connectivity index (χ1) is 14.4. The van der Waals surface area contributed by atoms with Crippen molar-refractivity contribution in [1.29, 1.82) is 0 Å². The zero-order chi connectivity index (χ0) is 21.0. The van der Waals surface area contributed by atoms with E-state index in [1.54, 1.807) is 4.68 Å². The molecule has 30 heavy (non-hydrogen) atoms. The molecule has 2 aliphatic carbocycles. The van der Waals surface area contributed by atoms with Crippen LogP contribution in [0.3, 0.4) is 0 Å². The molecule has 2 atom stereocenters. The van der Waals surface area contributed by atoms with Gasteiger partial charge >= 0.3 is 6.03 Å². The third-order valence-electron chi connectivity index (χ3n) is 6.39. The van der Waals surface area contributed by atoms with Gasteiger partial charge in [-0.15, -0.1) is 10.6 Å². The molecular weight excluding hydrogens is 407 g/mol. The topological polar surface area (TPSA) is 85.6 Å². The van der Waals surface area contributed by atoms with Crippen LogP contribution < -0.4 is 10.1 Å². The molecule has 160 valence electrons. The second-order valence-corrected chi connectivity index (χ2v) is 9.65. The SMILES string of the molecule is CC[C@@]1(C)Cn2ncc([S-](=O)=NC(=O)Nc3c4c(cc5c3C[C@@H](F)C5)CCC4)c2O1. The minimum Gasteiger partial charge on any atom is -0.471 e. The fourth-order valence-corrected chi connectivity index (χ4v) is 5.39. The Balaban J connectivity index is 1.42. The van der Waals surface area contributed by atoms with E-state index in [0.29, 0.717) is 31.0 Å². The number of ether oxygens (including phenoxy) is 1. The summed E-state index contributed by atoms with van der Waals surface area (Å²) in [6.07, 6.45) is 4.75. The maximum Gasteiger partial charge on any atom is 0.322 e. The first-order valence-electron chi connectivity index (χ1n) is 10.4. The molecule has 0 fully saturated rings. The maximum absolute atomic E-state index is 14.0. The molecule has 1 N–H and O–H groups in total. The molecule has 0 bridgehead atoms. The van der Waals surface area contributed by atoms with Crippen molar-refractivity contribution in [2.24, 2.45) is 4.36 Å². The molecule has 0 spiro atoms. The molecule has 2 aromatic rings. The van der Waals surface area contributed by atoms with Gasteiger partial charge in [0, 0.05) is 24.7 Å². The van der Waals surface area contributed by atoms with Crippen molar-refractivity contribution in [3.63, 3.8) is 0 Å². The number of aromatic nitrogens is 2. The van der Waals surface area contributed by atoms with Crippen molar-refractivity contribution >= 4 is 22.3 Å². The number of urea groups is 1. The van der Waals surface area contributed by atoms with Gasteiger partial charge in [-0.05, 0) is 59.8 Å². The number of hydrogen-bond acceptors (Lipinski definition) is 5. The third-order valence-corrected chi connectivity index (χ3v) is 7.38. The number of carbonyl (C=O) groups is 1. The van der Waals surface area contributed by atoms with Gasteiger partial charge in [0.1, 0.15) is 11.8 Å². The summed E-state index contributed by atoms with van der Waals surface area (Å²) in [6.45, 7) is 4.54. The number of nitrogens with zero attached hydrogens (tertiary/aromatic N) is 3. The second kappa shape index (κ2) is 7.08. The first kappa shape index (κ1) is 19.5. The molecule has 0 saturated heterocycles. The molecule has 1 aromatic heterocycles. The van der Waals surface area contributed by atoms with Crippen molar-refractivity contribution < 1.29 is 18.1 Å². The number of aryl methyl sites for hydroxylation is 1. The number of hydrogen-bond donors (Lipinski definition) is 1. The molecule has 0 radical (unpaired) electrons. The van der Waals surface area contributed by atoms with Crippen molar-refractivity contribution in [2.75, 3.05) is 5.32 Å². The van der Waals surface area contributed by atoms with Crippen LogP contribution >= 0.6 is 0 Å². The van der Waals surface area contributed by atoms with Crippen LogP contribution in [0.2, 0.25) is 0 Å². The van der Waals surface area contributed by atoms with E-state index in [9.17, 15) is 13.4 Å². The fourth-order valence-electron chi connectivity index (χ4n) is 4.66. The summed E-state index contributed by atoms with van der Waals surface area (Å²) < 4.78 is 38.2. The van der Waals surface area contributed by atoms with Gasteiger partial charge in [-0.2, -0.15) is 5.10 Å². The van der Waals surface area contributed by atoms with Gasteiger partial charge in [0.25, 0.3) is 0 Å². The lowest BCUT2D eigenvalue weighted by Crippen LogP contribution is -2.30. The number of benzene rings is 1. The average Bonchev–Trinajstić information content (AvgIpc) is 3.44. The number of halogens is 1. The molecule has 9 heteroatoms. The second-order valence-electron chi connectivity index (χ2n) is 8.53. The van der Waals surface area contributed by atoms with Crippen LogP contribution in [0.5, 0.6) is 5.88 Å². The van der Waals surface area contributed by atoms with Crippen molar-refractivity contribution in [2.45, 2.75) is 75.6 Å². The summed E-state index contributed by atoms with van der Waals surface area (Å²) >= 11 is 0. The van der Waals surface area contributed by atoms with E-state index in [1.807, 2.05) is 13.8 Å². The van der Waals surface area contributed by atoms with Crippen molar-refractivity contribution in [1.82, 2.24) is 9.78 Å². The number of anilines is 1. The highest BCUT2D eigenvalue weighted by Gasteiger charge is 2.34. The Hall–Kier alpha value is -2.42. The normalized spacial score (nSPS) is 25.0. The third kappa shape index (κ3) is 3.19. The number of alkyl halides is 1. The highest BCUT2D eigenvalue weighted by molar-refractivity contribution is 7.75. The van der Waals surface area contributed by atoms with E-state index < -0.39 is 28.4 Å². The average molecular weight is 432 g/mol. The van der Waals surface area contributed by atoms with Gasteiger partial charge in [0.05, 0.1) is 6.54 Å². The summed E-state index contributed by atoms with van der Waals surface area (Å²) in [5.41, 5.74) is 4.30. The summed E-state index contributed by atoms with van der Waals surface area (Å²) in [7, 11) is -1.95. The Labute approximate surface area is 176 Å². The van der Waals surface area contributed by atoms with Gasteiger partial charge in [0.2, 0.25) is 0 Å². The van der Waals surface area contributed by atoms with Gasteiger partial charge < -0.3 is 18.6 Å². The lowest BCUT2D eigenvalue weighted by atomic mass is 9.99. The molecule has 7 nitrogen and oxygen atoms in total. The molecule has 3 aliphatic rings. The standard InChI is InChI=1S/C21H24FN4O3S/c1-3-21(2)11-26-19(29-21)17(10-23-26)30(28)25-20(27)24-18-15-6-4-5-12(15)7-13-8-14(22)9-16(13)18/h7,10,14H,3-6,8-9,11H2,1-2H3,(H,24,27)/q-1/t14-,21-/m0/s1. The van der Waals surface area contributed by atoms with Gasteiger partial charge in [0.15, 0.2) is 5.88 Å². The van der Waals surface area contributed by atoms with Gasteiger partial charge in [-0.1, -0.05) is 13.0 Å². The van der Waals surface area contributed by atoms with E-state index in [1.165, 1.54) is 11.8 Å². The van der Waals surface area contributed by atoms with Crippen LogP contribution in [0, 0.1) is 0 Å². The van der Waals surface area contributed by atoms with Crippen molar-refractivity contribution in [3.8, 4) is 5.88 Å². The van der Waals surface area contributed by atoms with Gasteiger partial charge in [-0.25, -0.2) is 13.9 Å². The largest absolute Gasteiger partial charge is 0.471 e. The molecule has 2 amide bonds. The summed E-state index contributed by atoms with van der Waals surface area (Å²) in [6, 6.07) is 1.38. The minimum absolute atomic E-state index is 0.287. The van der Waals surface area contributed by atoms with E-state index in [-0.39, 0.29) is 4.90 Å². The lowest BCUT2D eigenvalue weighted by Gasteiger charge is -2.21. The van der Waals surface area contributed by atoms with E-state index in [0.717, 1.165) is 42.4 Å². The quantitative estimate of drug-likeness (QED) is 0.741. The molecular formula is C21H24FN4O3S-. The van der Waals surface area contributed by atoms with E-state index >= 15 is 0 Å². The number of fused-ring (bicyclic) bond motifs is 3. The summed E-state index contributed by atoms with van der Waals surface area (Å²) in [5, 5.41) is 7.04. The Morgan fingerprint density at radius 2 is 2.23 bits per heavy atom. The number of amides is 2. The zero-order valence-electron chi connectivity index (χ0n) is 17.0. The minimum atomic E-state index is -1.95. The van der Waals surface area contributed by atoms with Crippen LogP contribution in [-0.4, -0.2) is 27.6 Å². The Morgan fingerprint density at radius 1 is 1.40 bits per heavy atom. The zero-order valence-corrected chi connectivity index (χ0v) is 17.9. The Bertz CT molecular complexity index is 1140. The molecule has 1 aromatic carbocycles. The van der Waals surface area contributed by atoms with E-state index in [4.69, 9.17) is 4.74 Å². The highest BCUT2D eigenvalue weighted by atomic mass is 32.2. The predicted octanol–water partition coefficient (Wildman–Crippen LogP) is 4.11. The van der Waals surface area contributed by atoms with Crippen LogP contribution in [0.25, 0.3) is 0 Å². The molecule has 5 rings (SSSR count). The number of nitrogens with one attached hydrogen (secondary N) is 1. The van der Waals surface area contributed by atoms with Crippen molar-refractivity contribution in [3.05, 3.63) is 34.5 Å². The molecule has 1 aliphatic heterocycles. The first-order valence-corrected chi connectivity index (χ1v) is 11.5. The van der Waals surface area contributed by atoms with Crippen LogP contribution in [0.1, 0.15) is 48.9 Å². The monoisotopic (exact) mass is 431 g/mol. The van der Waals surface area contributed by atoms with Gasteiger partial charge in [-0.3, -0.25) is 0 Å². The van der Waals surface area contributed by atoms with Crippen LogP contribution in [0.4, 0.5) is 14.9 Å². The molecule has 0 saturated carbocycles.